The number of rotatable bonds is 6. The van der Waals surface area contributed by atoms with Crippen molar-refractivity contribution in [3.05, 3.63) is 57.8 Å². The fourth-order valence-electron chi connectivity index (χ4n) is 3.30. The van der Waals surface area contributed by atoms with E-state index in [1.807, 2.05) is 0 Å². The summed E-state index contributed by atoms with van der Waals surface area (Å²) in [6.45, 7) is 2.66. The summed E-state index contributed by atoms with van der Waals surface area (Å²) in [5, 5.41) is 3.34. The van der Waals surface area contributed by atoms with Crippen LogP contribution < -0.4 is 10.1 Å². The third-order valence-electron chi connectivity index (χ3n) is 4.91. The molecule has 1 aliphatic heterocycles. The molecule has 0 radical (unpaired) electrons. The minimum atomic E-state index is -4.48. The standard InChI is InChI=1S/C21H19ClF3N3O3S/c1-11(16-2-3-17(28-16)21(23,24)25)27-19(29)12-6-13(20-26-9-18(22)32-20)8-15(7-12)31-14-4-5-30-10-14/h2-3,6-9,11,14,28H,4-5,10H2,1H3,(H,27,29)/t11-,14+/m1/s1. The predicted octanol–water partition coefficient (Wildman–Crippen LogP) is 5.47. The van der Waals surface area contributed by atoms with Gasteiger partial charge in [0.25, 0.3) is 5.91 Å². The van der Waals surface area contributed by atoms with Gasteiger partial charge in [-0.3, -0.25) is 4.79 Å². The summed E-state index contributed by atoms with van der Waals surface area (Å²) < 4.78 is 50.4. The molecule has 32 heavy (non-hydrogen) atoms. The van der Waals surface area contributed by atoms with Crippen molar-refractivity contribution in [1.29, 1.82) is 0 Å². The third-order valence-corrected chi connectivity index (χ3v) is 6.08. The van der Waals surface area contributed by atoms with Crippen LogP contribution in [0.3, 0.4) is 0 Å². The van der Waals surface area contributed by atoms with Gasteiger partial charge in [-0.15, -0.1) is 11.3 Å². The summed E-state index contributed by atoms with van der Waals surface area (Å²) in [6.07, 6.45) is -2.35. The van der Waals surface area contributed by atoms with Gasteiger partial charge in [0.05, 0.1) is 25.5 Å². The number of carbonyl (C=O) groups excluding carboxylic acids is 1. The average Bonchev–Trinajstić information content (AvgIpc) is 3.49. The number of nitrogens with one attached hydrogen (secondary N) is 2. The summed E-state index contributed by atoms with van der Waals surface area (Å²) in [6, 6.07) is 6.58. The highest BCUT2D eigenvalue weighted by molar-refractivity contribution is 7.18. The first-order valence-electron chi connectivity index (χ1n) is 9.77. The van der Waals surface area contributed by atoms with Crippen molar-refractivity contribution in [1.82, 2.24) is 15.3 Å². The topological polar surface area (TPSA) is 76.2 Å². The molecule has 1 aromatic carbocycles. The number of thiazole rings is 1. The van der Waals surface area contributed by atoms with Gasteiger partial charge in [0, 0.05) is 23.2 Å². The highest BCUT2D eigenvalue weighted by Crippen LogP contribution is 2.33. The van der Waals surface area contributed by atoms with Crippen LogP contribution in [0.15, 0.2) is 36.5 Å². The van der Waals surface area contributed by atoms with Gasteiger partial charge in [0.15, 0.2) is 0 Å². The molecule has 0 saturated carbocycles. The van der Waals surface area contributed by atoms with Crippen molar-refractivity contribution < 1.29 is 27.4 Å². The maximum Gasteiger partial charge on any atom is 0.431 e. The van der Waals surface area contributed by atoms with E-state index < -0.39 is 23.8 Å². The van der Waals surface area contributed by atoms with Gasteiger partial charge >= 0.3 is 6.18 Å². The number of nitrogens with zero attached hydrogens (tertiary/aromatic N) is 1. The Morgan fingerprint density at radius 3 is 2.81 bits per heavy atom. The molecule has 0 aliphatic carbocycles. The maximum absolute atomic E-state index is 12.9. The molecule has 1 amide bonds. The summed E-state index contributed by atoms with van der Waals surface area (Å²) in [5.41, 5.74) is 0.311. The molecule has 1 fully saturated rings. The second-order valence-corrected chi connectivity index (χ2v) is 9.00. The van der Waals surface area contributed by atoms with Gasteiger partial charge in [-0.25, -0.2) is 4.98 Å². The normalized spacial score (nSPS) is 17.3. The van der Waals surface area contributed by atoms with Gasteiger partial charge in [-0.05, 0) is 37.3 Å². The van der Waals surface area contributed by atoms with E-state index in [4.69, 9.17) is 21.1 Å². The molecule has 2 aromatic heterocycles. The number of hydrogen-bond acceptors (Lipinski definition) is 5. The van der Waals surface area contributed by atoms with E-state index in [1.54, 1.807) is 25.1 Å². The van der Waals surface area contributed by atoms with E-state index in [9.17, 15) is 18.0 Å². The van der Waals surface area contributed by atoms with Gasteiger partial charge in [0.2, 0.25) is 0 Å². The Morgan fingerprint density at radius 1 is 1.38 bits per heavy atom. The lowest BCUT2D eigenvalue weighted by molar-refractivity contribution is -0.140. The van der Waals surface area contributed by atoms with Crippen LogP contribution in [0.5, 0.6) is 5.75 Å². The average molecular weight is 486 g/mol. The monoisotopic (exact) mass is 485 g/mol. The molecule has 2 atom stereocenters. The van der Waals surface area contributed by atoms with E-state index in [0.717, 1.165) is 12.5 Å². The predicted molar refractivity (Wildman–Crippen MR) is 114 cm³/mol. The van der Waals surface area contributed by atoms with Gasteiger partial charge < -0.3 is 19.8 Å². The number of aromatic amines is 1. The van der Waals surface area contributed by atoms with Crippen molar-refractivity contribution in [3.8, 4) is 16.3 Å². The van der Waals surface area contributed by atoms with E-state index in [1.165, 1.54) is 23.6 Å². The fourth-order valence-corrected chi connectivity index (χ4v) is 4.19. The van der Waals surface area contributed by atoms with Crippen LogP contribution in [0.25, 0.3) is 10.6 Å². The van der Waals surface area contributed by atoms with Crippen molar-refractivity contribution in [2.45, 2.75) is 31.7 Å². The Kier molecular flexibility index (Phi) is 6.45. The zero-order valence-electron chi connectivity index (χ0n) is 16.8. The Balaban J connectivity index is 1.57. The Morgan fingerprint density at radius 2 is 2.19 bits per heavy atom. The van der Waals surface area contributed by atoms with E-state index >= 15 is 0 Å². The van der Waals surface area contributed by atoms with Crippen molar-refractivity contribution in [2.75, 3.05) is 13.2 Å². The lowest BCUT2D eigenvalue weighted by atomic mass is 10.1. The molecular weight excluding hydrogens is 467 g/mol. The SMILES string of the molecule is C[C@@H](NC(=O)c1cc(O[C@H]2CCOC2)cc(-c2ncc(Cl)s2)c1)c1ccc(C(F)(F)F)[nH]1. The van der Waals surface area contributed by atoms with Gasteiger partial charge in [0.1, 0.15) is 26.9 Å². The number of ether oxygens (including phenoxy) is 2. The molecule has 4 rings (SSSR count). The summed E-state index contributed by atoms with van der Waals surface area (Å²) in [4.78, 5) is 19.5. The molecule has 2 N–H and O–H groups in total. The zero-order valence-corrected chi connectivity index (χ0v) is 18.4. The number of aromatic nitrogens is 2. The van der Waals surface area contributed by atoms with Crippen LogP contribution in [0, 0.1) is 0 Å². The molecule has 1 aliphatic rings. The van der Waals surface area contributed by atoms with Crippen LogP contribution in [0.2, 0.25) is 4.34 Å². The molecule has 3 aromatic rings. The first-order chi connectivity index (χ1) is 15.2. The molecule has 170 valence electrons. The lowest BCUT2D eigenvalue weighted by Crippen LogP contribution is -2.27. The number of H-pyrrole nitrogens is 1. The van der Waals surface area contributed by atoms with Gasteiger partial charge in [-0.1, -0.05) is 11.6 Å². The number of hydrogen-bond donors (Lipinski definition) is 2. The third kappa shape index (κ3) is 5.25. The maximum atomic E-state index is 12.9. The van der Waals surface area contributed by atoms with Crippen LogP contribution in [0.1, 0.15) is 41.1 Å². The van der Waals surface area contributed by atoms with Crippen molar-refractivity contribution in [2.24, 2.45) is 0 Å². The fraction of sp³-hybridized carbons (Fsp3) is 0.333. The molecule has 3 heterocycles. The Labute approximate surface area is 190 Å². The lowest BCUT2D eigenvalue weighted by Gasteiger charge is -2.16. The molecule has 11 heteroatoms. The molecule has 6 nitrogen and oxygen atoms in total. The second-order valence-electron chi connectivity index (χ2n) is 7.34. The summed E-state index contributed by atoms with van der Waals surface area (Å²) in [7, 11) is 0. The van der Waals surface area contributed by atoms with Crippen LogP contribution in [0.4, 0.5) is 13.2 Å². The minimum Gasteiger partial charge on any atom is -0.488 e. The van der Waals surface area contributed by atoms with E-state index in [2.05, 4.69) is 15.3 Å². The molecule has 1 saturated heterocycles. The second kappa shape index (κ2) is 9.13. The van der Waals surface area contributed by atoms with Crippen LogP contribution in [-0.4, -0.2) is 35.2 Å². The quantitative estimate of drug-likeness (QED) is 0.485. The van der Waals surface area contributed by atoms with E-state index in [-0.39, 0.29) is 17.4 Å². The number of carbonyl (C=O) groups is 1. The van der Waals surface area contributed by atoms with Crippen molar-refractivity contribution in [3.63, 3.8) is 0 Å². The van der Waals surface area contributed by atoms with Crippen molar-refractivity contribution >= 4 is 28.8 Å². The number of amides is 1. The molecule has 0 unspecified atom stereocenters. The first kappa shape index (κ1) is 22.6. The highest BCUT2D eigenvalue weighted by Gasteiger charge is 2.32. The largest absolute Gasteiger partial charge is 0.488 e. The number of halogens is 4. The van der Waals surface area contributed by atoms with Crippen LogP contribution in [-0.2, 0) is 10.9 Å². The molecule has 0 spiro atoms. The smallest absolute Gasteiger partial charge is 0.431 e. The number of alkyl halides is 3. The molecule has 0 bridgehead atoms. The van der Waals surface area contributed by atoms with E-state index in [0.29, 0.717) is 33.9 Å². The minimum absolute atomic E-state index is 0.125. The Hall–Kier alpha value is -2.56. The first-order valence-corrected chi connectivity index (χ1v) is 11.0. The van der Waals surface area contributed by atoms with Crippen LogP contribution >= 0.6 is 22.9 Å². The summed E-state index contributed by atoms with van der Waals surface area (Å²) >= 11 is 7.27. The van der Waals surface area contributed by atoms with Gasteiger partial charge in [-0.2, -0.15) is 13.2 Å². The summed E-state index contributed by atoms with van der Waals surface area (Å²) in [5.74, 6) is 0.0130. The molecular formula is C21H19ClF3N3O3S. The zero-order chi connectivity index (χ0) is 22.9. The number of benzene rings is 1. The Bertz CT molecular complexity index is 1110. The highest BCUT2D eigenvalue weighted by atomic mass is 35.5.